The lowest BCUT2D eigenvalue weighted by molar-refractivity contribution is -0.142. The van der Waals surface area contributed by atoms with Crippen LogP contribution in [-0.4, -0.2) is 33.0 Å². The highest BCUT2D eigenvalue weighted by Crippen LogP contribution is 2.40. The standard InChI is InChI=1S/C14H20N2O2S/c1-9-8-19-13(15-9)7-16-11-5-3-2-4-10(11)6-12(16)14(17)18/h8,10-12H,2-7H2,1H3,(H,17,18). The van der Waals surface area contributed by atoms with Crippen molar-refractivity contribution in [1.82, 2.24) is 9.88 Å². The number of aryl methyl sites for hydroxylation is 1. The summed E-state index contributed by atoms with van der Waals surface area (Å²) in [5.41, 5.74) is 1.03. The van der Waals surface area contributed by atoms with Gasteiger partial charge in [-0.2, -0.15) is 0 Å². The third-order valence-corrected chi connectivity index (χ3v) is 5.44. The lowest BCUT2D eigenvalue weighted by atomic mass is 9.85. The van der Waals surface area contributed by atoms with Crippen molar-refractivity contribution < 1.29 is 9.90 Å². The van der Waals surface area contributed by atoms with E-state index in [1.54, 1.807) is 11.3 Å². The molecule has 1 N–H and O–H groups in total. The van der Waals surface area contributed by atoms with Gasteiger partial charge in [0.05, 0.1) is 6.54 Å². The number of rotatable bonds is 3. The van der Waals surface area contributed by atoms with Gasteiger partial charge < -0.3 is 5.11 Å². The first-order valence-corrected chi connectivity index (χ1v) is 7.92. The fraction of sp³-hybridized carbons (Fsp3) is 0.714. The minimum absolute atomic E-state index is 0.308. The summed E-state index contributed by atoms with van der Waals surface area (Å²) in [4.78, 5) is 18.2. The van der Waals surface area contributed by atoms with Crippen LogP contribution >= 0.6 is 11.3 Å². The molecule has 1 aliphatic carbocycles. The van der Waals surface area contributed by atoms with E-state index < -0.39 is 5.97 Å². The highest BCUT2D eigenvalue weighted by atomic mass is 32.1. The Labute approximate surface area is 117 Å². The molecule has 19 heavy (non-hydrogen) atoms. The van der Waals surface area contributed by atoms with Crippen molar-refractivity contribution in [3.05, 3.63) is 16.1 Å². The molecule has 2 heterocycles. The van der Waals surface area contributed by atoms with Crippen LogP contribution in [-0.2, 0) is 11.3 Å². The SMILES string of the molecule is Cc1csc(CN2C(C(=O)O)CC3CCCCC32)n1. The zero-order chi connectivity index (χ0) is 13.4. The maximum absolute atomic E-state index is 11.5. The molecule has 0 amide bonds. The van der Waals surface area contributed by atoms with Crippen molar-refractivity contribution >= 4 is 17.3 Å². The zero-order valence-electron chi connectivity index (χ0n) is 11.2. The number of carboxylic acids is 1. The minimum Gasteiger partial charge on any atom is -0.480 e. The Morgan fingerprint density at radius 1 is 1.53 bits per heavy atom. The van der Waals surface area contributed by atoms with Crippen molar-refractivity contribution in [3.8, 4) is 0 Å². The molecule has 5 heteroatoms. The first-order chi connectivity index (χ1) is 9.15. The monoisotopic (exact) mass is 280 g/mol. The fourth-order valence-electron chi connectivity index (χ4n) is 3.65. The van der Waals surface area contributed by atoms with E-state index in [0.29, 0.717) is 18.5 Å². The van der Waals surface area contributed by atoms with E-state index in [1.807, 2.05) is 12.3 Å². The minimum atomic E-state index is -0.664. The van der Waals surface area contributed by atoms with Crippen molar-refractivity contribution in [2.24, 2.45) is 5.92 Å². The van der Waals surface area contributed by atoms with Crippen LogP contribution in [0.5, 0.6) is 0 Å². The molecule has 0 spiro atoms. The number of aliphatic carboxylic acids is 1. The number of nitrogens with zero attached hydrogens (tertiary/aromatic N) is 2. The van der Waals surface area contributed by atoms with Gasteiger partial charge in [-0.1, -0.05) is 12.8 Å². The summed E-state index contributed by atoms with van der Waals surface area (Å²) in [5.74, 6) is -0.0846. The molecule has 2 fully saturated rings. The number of hydrogen-bond acceptors (Lipinski definition) is 4. The Morgan fingerprint density at radius 2 is 2.32 bits per heavy atom. The molecule has 1 aliphatic heterocycles. The highest BCUT2D eigenvalue weighted by Gasteiger charge is 2.45. The summed E-state index contributed by atoms with van der Waals surface area (Å²) in [7, 11) is 0. The van der Waals surface area contributed by atoms with Crippen LogP contribution in [0.15, 0.2) is 5.38 Å². The Bertz CT molecular complexity index is 474. The van der Waals surface area contributed by atoms with Crippen molar-refractivity contribution in [3.63, 3.8) is 0 Å². The summed E-state index contributed by atoms with van der Waals surface area (Å²) in [6, 6.07) is 0.149. The second kappa shape index (κ2) is 5.21. The van der Waals surface area contributed by atoms with Gasteiger partial charge in [0.2, 0.25) is 0 Å². The molecule has 1 aromatic rings. The van der Waals surface area contributed by atoms with E-state index >= 15 is 0 Å². The molecular formula is C14H20N2O2S. The third kappa shape index (κ3) is 2.54. The normalized spacial score (nSPS) is 31.3. The lowest BCUT2D eigenvalue weighted by Gasteiger charge is -2.32. The number of hydrogen-bond donors (Lipinski definition) is 1. The van der Waals surface area contributed by atoms with Gasteiger partial charge in [-0.05, 0) is 32.1 Å². The van der Waals surface area contributed by atoms with Gasteiger partial charge in [0.1, 0.15) is 11.0 Å². The molecule has 1 saturated carbocycles. The molecular weight excluding hydrogens is 260 g/mol. The molecule has 3 rings (SSSR count). The van der Waals surface area contributed by atoms with Gasteiger partial charge in [0.15, 0.2) is 0 Å². The molecule has 1 saturated heterocycles. The van der Waals surface area contributed by atoms with Crippen molar-refractivity contribution in [2.45, 2.75) is 57.7 Å². The molecule has 4 nitrogen and oxygen atoms in total. The maximum atomic E-state index is 11.5. The molecule has 0 radical (unpaired) electrons. The van der Waals surface area contributed by atoms with Gasteiger partial charge >= 0.3 is 5.97 Å². The average Bonchev–Trinajstić information content (AvgIpc) is 2.95. The van der Waals surface area contributed by atoms with Crippen LogP contribution in [0.25, 0.3) is 0 Å². The van der Waals surface area contributed by atoms with E-state index in [0.717, 1.165) is 23.5 Å². The van der Waals surface area contributed by atoms with E-state index in [4.69, 9.17) is 0 Å². The van der Waals surface area contributed by atoms with Crippen LogP contribution in [0.4, 0.5) is 0 Å². The largest absolute Gasteiger partial charge is 0.480 e. The summed E-state index contributed by atoms with van der Waals surface area (Å²) >= 11 is 1.64. The zero-order valence-corrected chi connectivity index (χ0v) is 12.0. The van der Waals surface area contributed by atoms with Gasteiger partial charge in [-0.3, -0.25) is 9.69 Å². The van der Waals surface area contributed by atoms with Crippen LogP contribution < -0.4 is 0 Å². The molecule has 3 unspecified atom stereocenters. The van der Waals surface area contributed by atoms with E-state index in [9.17, 15) is 9.90 Å². The topological polar surface area (TPSA) is 53.4 Å². The number of aromatic nitrogens is 1. The van der Waals surface area contributed by atoms with Crippen molar-refractivity contribution in [1.29, 1.82) is 0 Å². The van der Waals surface area contributed by atoms with Gasteiger partial charge in [-0.25, -0.2) is 4.98 Å². The van der Waals surface area contributed by atoms with Gasteiger partial charge in [-0.15, -0.1) is 11.3 Å². The van der Waals surface area contributed by atoms with Crippen LogP contribution in [0.1, 0.15) is 42.8 Å². The highest BCUT2D eigenvalue weighted by molar-refractivity contribution is 7.09. The van der Waals surface area contributed by atoms with Gasteiger partial charge in [0, 0.05) is 17.1 Å². The first kappa shape index (κ1) is 13.1. The number of carbonyl (C=O) groups is 1. The quantitative estimate of drug-likeness (QED) is 0.925. The van der Waals surface area contributed by atoms with E-state index in [-0.39, 0.29) is 6.04 Å². The first-order valence-electron chi connectivity index (χ1n) is 7.04. The van der Waals surface area contributed by atoms with Crippen molar-refractivity contribution in [2.75, 3.05) is 0 Å². The Balaban J connectivity index is 1.80. The lowest BCUT2D eigenvalue weighted by Crippen LogP contribution is -2.41. The Kier molecular flexibility index (Phi) is 3.58. The van der Waals surface area contributed by atoms with Crippen LogP contribution in [0.2, 0.25) is 0 Å². The number of fused-ring (bicyclic) bond motifs is 1. The molecule has 104 valence electrons. The van der Waals surface area contributed by atoms with E-state index in [1.165, 1.54) is 19.3 Å². The summed E-state index contributed by atoms with van der Waals surface area (Å²) < 4.78 is 0. The summed E-state index contributed by atoms with van der Waals surface area (Å²) in [6.07, 6.45) is 5.67. The predicted molar refractivity (Wildman–Crippen MR) is 74.2 cm³/mol. The second-order valence-corrected chi connectivity index (χ2v) is 6.70. The summed E-state index contributed by atoms with van der Waals surface area (Å²) in [5, 5.41) is 12.5. The summed E-state index contributed by atoms with van der Waals surface area (Å²) in [6.45, 7) is 2.69. The molecule has 0 aromatic carbocycles. The Morgan fingerprint density at radius 3 is 3.00 bits per heavy atom. The number of thiazole rings is 1. The molecule has 0 bridgehead atoms. The molecule has 3 atom stereocenters. The number of likely N-dealkylation sites (tertiary alicyclic amines) is 1. The third-order valence-electron chi connectivity index (χ3n) is 4.49. The number of carboxylic acid groups (broad SMARTS) is 1. The smallest absolute Gasteiger partial charge is 0.320 e. The van der Waals surface area contributed by atoms with Crippen LogP contribution in [0, 0.1) is 12.8 Å². The van der Waals surface area contributed by atoms with E-state index in [2.05, 4.69) is 9.88 Å². The molecule has 1 aromatic heterocycles. The molecule has 2 aliphatic rings. The van der Waals surface area contributed by atoms with Gasteiger partial charge in [0.25, 0.3) is 0 Å². The predicted octanol–water partition coefficient (Wildman–Crippen LogP) is 2.67. The maximum Gasteiger partial charge on any atom is 0.320 e. The Hall–Kier alpha value is -0.940. The average molecular weight is 280 g/mol. The second-order valence-electron chi connectivity index (χ2n) is 5.76. The van der Waals surface area contributed by atoms with Crippen LogP contribution in [0.3, 0.4) is 0 Å². The fourth-order valence-corrected chi connectivity index (χ4v) is 4.43.